The number of aromatic nitrogens is 2. The minimum atomic E-state index is -0.402. The lowest BCUT2D eigenvalue weighted by Crippen LogP contribution is -2.49. The second kappa shape index (κ2) is 7.93. The van der Waals surface area contributed by atoms with E-state index in [1.54, 1.807) is 0 Å². The van der Waals surface area contributed by atoms with E-state index in [0.29, 0.717) is 19.5 Å². The van der Waals surface area contributed by atoms with Crippen molar-refractivity contribution in [1.82, 2.24) is 25.7 Å². The zero-order valence-corrected chi connectivity index (χ0v) is 13.3. The van der Waals surface area contributed by atoms with Crippen LogP contribution < -0.4 is 16.0 Å². The molecule has 0 aliphatic carbocycles. The summed E-state index contributed by atoms with van der Waals surface area (Å²) in [7, 11) is 0. The van der Waals surface area contributed by atoms with Crippen LogP contribution in [0.2, 0.25) is 0 Å². The number of aryl methyl sites for hydroxylation is 1. The Bertz CT molecular complexity index is 514. The maximum atomic E-state index is 12.0. The molecule has 0 bridgehead atoms. The number of hydrogen-bond acceptors (Lipinski definition) is 4. The maximum absolute atomic E-state index is 12.0. The lowest BCUT2D eigenvalue weighted by molar-refractivity contribution is -0.128. The summed E-state index contributed by atoms with van der Waals surface area (Å²) in [6, 6.07) is -0.283. The van der Waals surface area contributed by atoms with E-state index in [-0.39, 0.29) is 24.4 Å². The zero-order chi connectivity index (χ0) is 15.9. The highest BCUT2D eigenvalue weighted by Crippen LogP contribution is 2.05. The van der Waals surface area contributed by atoms with Gasteiger partial charge in [-0.3, -0.25) is 14.3 Å². The van der Waals surface area contributed by atoms with Gasteiger partial charge in [-0.05, 0) is 38.7 Å². The summed E-state index contributed by atoms with van der Waals surface area (Å²) < 4.78 is 1.85. The molecule has 2 heterocycles. The number of nitrogens with one attached hydrogen (secondary N) is 3. The standard InChI is InChI=1S/C15H25N5O2/c1-11-7-18-20(9-11)10-12(2)17-8-14(21)19-13-5-3-4-6-16-15(13)22/h7,9,12-13,17H,3-6,8,10H2,1-2H3,(H,16,22)(H,19,21)/t12-,13-/m1/s1. The van der Waals surface area contributed by atoms with E-state index in [4.69, 9.17) is 0 Å². The number of carbonyl (C=O) groups is 2. The van der Waals surface area contributed by atoms with E-state index in [1.807, 2.05) is 30.9 Å². The SMILES string of the molecule is Cc1cnn(C[C@@H](C)NCC(=O)N[C@@H]2CCCCNC2=O)c1. The van der Waals surface area contributed by atoms with E-state index in [9.17, 15) is 9.59 Å². The molecule has 1 aliphatic heterocycles. The highest BCUT2D eigenvalue weighted by Gasteiger charge is 2.22. The number of rotatable bonds is 6. The van der Waals surface area contributed by atoms with Crippen LogP contribution >= 0.6 is 0 Å². The number of nitrogens with zero attached hydrogens (tertiary/aromatic N) is 2. The average Bonchev–Trinajstić information content (AvgIpc) is 2.77. The molecular formula is C15H25N5O2. The van der Waals surface area contributed by atoms with Gasteiger partial charge in [0.15, 0.2) is 0 Å². The maximum Gasteiger partial charge on any atom is 0.242 e. The van der Waals surface area contributed by atoms with Crippen molar-refractivity contribution in [3.63, 3.8) is 0 Å². The normalized spacial score (nSPS) is 20.1. The first-order valence-electron chi connectivity index (χ1n) is 7.84. The molecule has 0 unspecified atom stereocenters. The molecule has 2 rings (SSSR count). The highest BCUT2D eigenvalue weighted by molar-refractivity contribution is 5.88. The second-order valence-electron chi connectivity index (χ2n) is 5.93. The molecule has 1 aromatic rings. The van der Waals surface area contributed by atoms with Crippen LogP contribution in [0.25, 0.3) is 0 Å². The minimum absolute atomic E-state index is 0.0779. The number of amides is 2. The fraction of sp³-hybridized carbons (Fsp3) is 0.667. The van der Waals surface area contributed by atoms with E-state index in [1.165, 1.54) is 0 Å². The molecule has 0 radical (unpaired) electrons. The Balaban J connectivity index is 1.71. The molecule has 2 amide bonds. The van der Waals surface area contributed by atoms with Gasteiger partial charge in [0.05, 0.1) is 19.3 Å². The Hall–Kier alpha value is -1.89. The molecule has 22 heavy (non-hydrogen) atoms. The first-order valence-corrected chi connectivity index (χ1v) is 7.84. The average molecular weight is 307 g/mol. The summed E-state index contributed by atoms with van der Waals surface area (Å²) in [5.41, 5.74) is 1.12. The van der Waals surface area contributed by atoms with Gasteiger partial charge in [-0.2, -0.15) is 5.10 Å². The Morgan fingerprint density at radius 3 is 3.09 bits per heavy atom. The second-order valence-corrected chi connectivity index (χ2v) is 5.93. The first-order chi connectivity index (χ1) is 10.5. The Morgan fingerprint density at radius 2 is 2.36 bits per heavy atom. The van der Waals surface area contributed by atoms with Crippen LogP contribution in [0.1, 0.15) is 31.7 Å². The molecule has 0 saturated carbocycles. The first kappa shape index (κ1) is 16.5. The Kier molecular flexibility index (Phi) is 5.94. The van der Waals surface area contributed by atoms with Crippen molar-refractivity contribution in [2.75, 3.05) is 13.1 Å². The molecule has 3 N–H and O–H groups in total. The van der Waals surface area contributed by atoms with Crippen LogP contribution in [0.5, 0.6) is 0 Å². The van der Waals surface area contributed by atoms with Gasteiger partial charge in [-0.1, -0.05) is 0 Å². The van der Waals surface area contributed by atoms with Gasteiger partial charge in [0.25, 0.3) is 0 Å². The summed E-state index contributed by atoms with van der Waals surface area (Å²) in [6.07, 6.45) is 6.40. The smallest absolute Gasteiger partial charge is 0.242 e. The Labute approximate surface area is 130 Å². The van der Waals surface area contributed by atoms with Gasteiger partial charge in [0.1, 0.15) is 6.04 Å². The summed E-state index contributed by atoms with van der Waals surface area (Å²) in [5, 5.41) is 13.0. The van der Waals surface area contributed by atoms with Crippen LogP contribution in [0, 0.1) is 6.92 Å². The van der Waals surface area contributed by atoms with Crippen molar-refractivity contribution in [3.8, 4) is 0 Å². The third kappa shape index (κ3) is 5.14. The number of carbonyl (C=O) groups excluding carboxylic acids is 2. The van der Waals surface area contributed by atoms with E-state index < -0.39 is 6.04 Å². The van der Waals surface area contributed by atoms with Gasteiger partial charge < -0.3 is 16.0 Å². The lowest BCUT2D eigenvalue weighted by Gasteiger charge is -2.17. The van der Waals surface area contributed by atoms with Gasteiger partial charge in [-0.15, -0.1) is 0 Å². The number of hydrogen-bond donors (Lipinski definition) is 3. The predicted molar refractivity (Wildman–Crippen MR) is 83.2 cm³/mol. The Morgan fingerprint density at radius 1 is 1.55 bits per heavy atom. The van der Waals surface area contributed by atoms with Crippen LogP contribution in [-0.4, -0.2) is 46.8 Å². The third-order valence-electron chi connectivity index (χ3n) is 3.70. The molecule has 7 heteroatoms. The van der Waals surface area contributed by atoms with Gasteiger partial charge in [-0.25, -0.2) is 0 Å². The zero-order valence-electron chi connectivity index (χ0n) is 13.3. The third-order valence-corrected chi connectivity index (χ3v) is 3.70. The summed E-state index contributed by atoms with van der Waals surface area (Å²) in [5.74, 6) is -0.225. The van der Waals surface area contributed by atoms with E-state index in [0.717, 1.165) is 18.4 Å². The van der Waals surface area contributed by atoms with E-state index in [2.05, 4.69) is 21.0 Å². The summed E-state index contributed by atoms with van der Waals surface area (Å²) in [6.45, 7) is 5.59. The predicted octanol–water partition coefficient (Wildman–Crippen LogP) is -0.0455. The fourth-order valence-electron chi connectivity index (χ4n) is 2.50. The van der Waals surface area contributed by atoms with E-state index >= 15 is 0 Å². The molecule has 0 spiro atoms. The molecule has 1 saturated heterocycles. The van der Waals surface area contributed by atoms with Crippen molar-refractivity contribution < 1.29 is 9.59 Å². The molecular weight excluding hydrogens is 282 g/mol. The highest BCUT2D eigenvalue weighted by atomic mass is 16.2. The van der Waals surface area contributed by atoms with Crippen molar-refractivity contribution in [2.24, 2.45) is 0 Å². The molecule has 1 aromatic heterocycles. The fourth-order valence-corrected chi connectivity index (χ4v) is 2.50. The van der Waals surface area contributed by atoms with Gasteiger partial charge in [0, 0.05) is 18.8 Å². The monoisotopic (exact) mass is 307 g/mol. The quantitative estimate of drug-likeness (QED) is 0.688. The van der Waals surface area contributed by atoms with Crippen molar-refractivity contribution in [1.29, 1.82) is 0 Å². The molecule has 0 aromatic carbocycles. The minimum Gasteiger partial charge on any atom is -0.354 e. The van der Waals surface area contributed by atoms with Crippen molar-refractivity contribution in [3.05, 3.63) is 18.0 Å². The summed E-state index contributed by atoms with van der Waals surface area (Å²) >= 11 is 0. The summed E-state index contributed by atoms with van der Waals surface area (Å²) in [4.78, 5) is 23.7. The molecule has 1 fully saturated rings. The largest absolute Gasteiger partial charge is 0.354 e. The van der Waals surface area contributed by atoms with Crippen molar-refractivity contribution in [2.45, 2.75) is 51.7 Å². The van der Waals surface area contributed by atoms with Crippen LogP contribution in [0.3, 0.4) is 0 Å². The molecule has 1 aliphatic rings. The molecule has 7 nitrogen and oxygen atoms in total. The van der Waals surface area contributed by atoms with Crippen molar-refractivity contribution >= 4 is 11.8 Å². The van der Waals surface area contributed by atoms with Gasteiger partial charge >= 0.3 is 0 Å². The van der Waals surface area contributed by atoms with Crippen LogP contribution in [0.4, 0.5) is 0 Å². The lowest BCUT2D eigenvalue weighted by atomic mass is 10.1. The topological polar surface area (TPSA) is 88.1 Å². The van der Waals surface area contributed by atoms with Crippen LogP contribution in [0.15, 0.2) is 12.4 Å². The molecule has 2 atom stereocenters. The van der Waals surface area contributed by atoms with Gasteiger partial charge in [0.2, 0.25) is 11.8 Å². The molecule has 122 valence electrons. The van der Waals surface area contributed by atoms with Crippen LogP contribution in [-0.2, 0) is 16.1 Å².